The van der Waals surface area contributed by atoms with Crippen LogP contribution in [0.3, 0.4) is 0 Å². The van der Waals surface area contributed by atoms with Crippen LogP contribution in [0, 0.1) is 13.8 Å². The molecule has 1 heterocycles. The van der Waals surface area contributed by atoms with E-state index in [4.69, 9.17) is 14.2 Å². The van der Waals surface area contributed by atoms with Crippen molar-refractivity contribution < 1.29 is 14.2 Å². The number of methoxy groups -OCH3 is 1. The molecule has 0 unspecified atom stereocenters. The highest BCUT2D eigenvalue weighted by molar-refractivity contribution is 5.85. The van der Waals surface area contributed by atoms with Crippen molar-refractivity contribution in [3.63, 3.8) is 0 Å². The minimum Gasteiger partial charge on any atom is -0.493 e. The lowest BCUT2D eigenvalue weighted by Gasteiger charge is -2.32. The molecule has 0 amide bonds. The van der Waals surface area contributed by atoms with Crippen molar-refractivity contribution in [3.05, 3.63) is 59.2 Å². The standard InChI is InChI=1S/C20H25NO3.ClH/c1-14-5-4-6-16(11-14)20(19-13-21-9-10-23-19)24-17-8-7-15(2)12-18(17)22-3;/h4-8,11-12,19-21H,9-10,13H2,1-3H3;1H/t19-,20-;/m0./s1. The van der Waals surface area contributed by atoms with E-state index in [0.717, 1.165) is 35.7 Å². The van der Waals surface area contributed by atoms with Crippen LogP contribution in [0.2, 0.25) is 0 Å². The first-order valence-corrected chi connectivity index (χ1v) is 8.37. The molecule has 5 heteroatoms. The Hall–Kier alpha value is -1.75. The van der Waals surface area contributed by atoms with Gasteiger partial charge in [0.15, 0.2) is 17.6 Å². The molecule has 1 saturated heterocycles. The first kappa shape index (κ1) is 19.6. The van der Waals surface area contributed by atoms with E-state index in [2.05, 4.69) is 36.5 Å². The topological polar surface area (TPSA) is 39.7 Å². The first-order chi connectivity index (χ1) is 11.7. The Morgan fingerprint density at radius 3 is 2.56 bits per heavy atom. The highest BCUT2D eigenvalue weighted by atomic mass is 35.5. The Morgan fingerprint density at radius 2 is 1.88 bits per heavy atom. The number of hydrogen-bond donors (Lipinski definition) is 1. The molecule has 0 radical (unpaired) electrons. The maximum absolute atomic E-state index is 6.38. The molecule has 4 nitrogen and oxygen atoms in total. The SMILES string of the molecule is COc1cc(C)ccc1O[C@@H](c1cccc(C)c1)[C@@H]1CNCCO1.Cl. The Balaban J connectivity index is 0.00000225. The average molecular weight is 364 g/mol. The molecular formula is C20H26ClNO3. The molecule has 3 rings (SSSR count). The molecule has 0 saturated carbocycles. The Morgan fingerprint density at radius 1 is 1.08 bits per heavy atom. The van der Waals surface area contributed by atoms with Gasteiger partial charge < -0.3 is 19.5 Å². The third-order valence-corrected chi connectivity index (χ3v) is 4.24. The number of hydrogen-bond acceptors (Lipinski definition) is 4. The number of benzene rings is 2. The van der Waals surface area contributed by atoms with Gasteiger partial charge in [0.25, 0.3) is 0 Å². The van der Waals surface area contributed by atoms with Crippen molar-refractivity contribution in [2.75, 3.05) is 26.8 Å². The quantitative estimate of drug-likeness (QED) is 0.876. The van der Waals surface area contributed by atoms with Crippen LogP contribution in [0.25, 0.3) is 0 Å². The van der Waals surface area contributed by atoms with Gasteiger partial charge in [-0.2, -0.15) is 0 Å². The van der Waals surface area contributed by atoms with Gasteiger partial charge >= 0.3 is 0 Å². The van der Waals surface area contributed by atoms with Crippen LogP contribution in [0.15, 0.2) is 42.5 Å². The summed E-state index contributed by atoms with van der Waals surface area (Å²) in [6.45, 7) is 6.48. The zero-order valence-electron chi connectivity index (χ0n) is 15.0. The zero-order chi connectivity index (χ0) is 16.9. The van der Waals surface area contributed by atoms with Crippen LogP contribution in [0.1, 0.15) is 22.8 Å². The lowest BCUT2D eigenvalue weighted by atomic mass is 10.0. The van der Waals surface area contributed by atoms with Crippen LogP contribution in [-0.4, -0.2) is 32.9 Å². The van der Waals surface area contributed by atoms with Gasteiger partial charge in [-0.15, -0.1) is 12.4 Å². The van der Waals surface area contributed by atoms with E-state index in [9.17, 15) is 0 Å². The van der Waals surface area contributed by atoms with Gasteiger partial charge in [-0.05, 0) is 37.1 Å². The fourth-order valence-electron chi connectivity index (χ4n) is 2.99. The highest BCUT2D eigenvalue weighted by Crippen LogP contribution is 2.34. The van der Waals surface area contributed by atoms with Crippen molar-refractivity contribution in [1.29, 1.82) is 0 Å². The molecule has 25 heavy (non-hydrogen) atoms. The lowest BCUT2D eigenvalue weighted by Crippen LogP contribution is -2.43. The van der Waals surface area contributed by atoms with E-state index in [-0.39, 0.29) is 24.6 Å². The lowest BCUT2D eigenvalue weighted by molar-refractivity contribution is -0.0438. The molecule has 1 aliphatic heterocycles. The maximum atomic E-state index is 6.38. The Bertz CT molecular complexity index is 686. The van der Waals surface area contributed by atoms with E-state index in [1.807, 2.05) is 25.1 Å². The van der Waals surface area contributed by atoms with Gasteiger partial charge in [0.1, 0.15) is 6.10 Å². The molecule has 2 atom stereocenters. The van der Waals surface area contributed by atoms with Crippen molar-refractivity contribution in [2.24, 2.45) is 0 Å². The summed E-state index contributed by atoms with van der Waals surface area (Å²) < 4.78 is 17.9. The smallest absolute Gasteiger partial charge is 0.162 e. The normalized spacial score (nSPS) is 18.1. The van der Waals surface area contributed by atoms with Crippen molar-refractivity contribution in [3.8, 4) is 11.5 Å². The molecule has 1 aliphatic rings. The second kappa shape index (κ2) is 9.09. The van der Waals surface area contributed by atoms with Gasteiger partial charge in [-0.25, -0.2) is 0 Å². The summed E-state index contributed by atoms with van der Waals surface area (Å²) in [6.07, 6.45) is -0.221. The molecule has 0 aliphatic carbocycles. The van der Waals surface area contributed by atoms with Crippen LogP contribution >= 0.6 is 12.4 Å². The maximum Gasteiger partial charge on any atom is 0.162 e. The third-order valence-electron chi connectivity index (χ3n) is 4.24. The van der Waals surface area contributed by atoms with Crippen molar-refractivity contribution in [1.82, 2.24) is 5.32 Å². The zero-order valence-corrected chi connectivity index (χ0v) is 15.8. The molecule has 0 spiro atoms. The van der Waals surface area contributed by atoms with Crippen molar-refractivity contribution >= 4 is 12.4 Å². The predicted octanol–water partition coefficient (Wildman–Crippen LogP) is 3.84. The molecule has 1 fully saturated rings. The summed E-state index contributed by atoms with van der Waals surface area (Å²) in [5.41, 5.74) is 3.47. The van der Waals surface area contributed by atoms with E-state index in [1.54, 1.807) is 7.11 Å². The summed E-state index contributed by atoms with van der Waals surface area (Å²) in [4.78, 5) is 0. The van der Waals surface area contributed by atoms with Crippen molar-refractivity contribution in [2.45, 2.75) is 26.1 Å². The fourth-order valence-corrected chi connectivity index (χ4v) is 2.99. The van der Waals surface area contributed by atoms with Crippen LogP contribution < -0.4 is 14.8 Å². The monoisotopic (exact) mass is 363 g/mol. The number of ether oxygens (including phenoxy) is 3. The van der Waals surface area contributed by atoms with Gasteiger partial charge in [-0.1, -0.05) is 35.9 Å². The Kier molecular flexibility index (Phi) is 7.12. The minimum absolute atomic E-state index is 0. The Labute approximate surface area is 155 Å². The summed E-state index contributed by atoms with van der Waals surface area (Å²) in [5, 5.41) is 3.39. The van der Waals surface area contributed by atoms with Crippen LogP contribution in [0.5, 0.6) is 11.5 Å². The molecule has 1 N–H and O–H groups in total. The van der Waals surface area contributed by atoms with Gasteiger partial charge in [0, 0.05) is 13.1 Å². The van der Waals surface area contributed by atoms with Gasteiger partial charge in [0.2, 0.25) is 0 Å². The van der Waals surface area contributed by atoms with E-state index in [1.165, 1.54) is 5.56 Å². The average Bonchev–Trinajstić information content (AvgIpc) is 2.61. The van der Waals surface area contributed by atoms with E-state index >= 15 is 0 Å². The second-order valence-corrected chi connectivity index (χ2v) is 6.22. The molecule has 2 aromatic rings. The van der Waals surface area contributed by atoms with Crippen LogP contribution in [0.4, 0.5) is 0 Å². The van der Waals surface area contributed by atoms with E-state index in [0.29, 0.717) is 6.61 Å². The van der Waals surface area contributed by atoms with E-state index < -0.39 is 0 Å². The summed E-state index contributed by atoms with van der Waals surface area (Å²) in [6, 6.07) is 14.4. The molecule has 0 bridgehead atoms. The molecule has 2 aromatic carbocycles. The third kappa shape index (κ3) is 4.88. The molecular weight excluding hydrogens is 338 g/mol. The number of aryl methyl sites for hydroxylation is 2. The highest BCUT2D eigenvalue weighted by Gasteiger charge is 2.28. The summed E-state index contributed by atoms with van der Waals surface area (Å²) in [5.74, 6) is 1.49. The van der Waals surface area contributed by atoms with Gasteiger partial charge in [-0.3, -0.25) is 0 Å². The van der Waals surface area contributed by atoms with Crippen LogP contribution in [-0.2, 0) is 4.74 Å². The number of halogens is 1. The number of nitrogens with one attached hydrogen (secondary N) is 1. The second-order valence-electron chi connectivity index (χ2n) is 6.22. The predicted molar refractivity (Wildman–Crippen MR) is 102 cm³/mol. The molecule has 136 valence electrons. The summed E-state index contributed by atoms with van der Waals surface area (Å²) in [7, 11) is 1.67. The first-order valence-electron chi connectivity index (χ1n) is 8.37. The number of rotatable bonds is 5. The number of morpholine rings is 1. The van der Waals surface area contributed by atoms with Gasteiger partial charge in [0.05, 0.1) is 13.7 Å². The molecule has 0 aromatic heterocycles. The fraction of sp³-hybridized carbons (Fsp3) is 0.400. The minimum atomic E-state index is -0.186. The summed E-state index contributed by atoms with van der Waals surface area (Å²) >= 11 is 0. The largest absolute Gasteiger partial charge is 0.493 e.